The van der Waals surface area contributed by atoms with E-state index in [-0.39, 0.29) is 22.9 Å². The first-order valence-corrected chi connectivity index (χ1v) is 10.6. The Hall–Kier alpha value is -2.13. The van der Waals surface area contributed by atoms with Crippen molar-refractivity contribution in [1.29, 1.82) is 0 Å². The van der Waals surface area contributed by atoms with Crippen LogP contribution in [-0.4, -0.2) is 25.7 Å². The van der Waals surface area contributed by atoms with E-state index in [0.29, 0.717) is 5.56 Å². The quantitative estimate of drug-likeness (QED) is 0.727. The van der Waals surface area contributed by atoms with Crippen molar-refractivity contribution in [3.8, 4) is 0 Å². The molecule has 1 unspecified atom stereocenters. The number of carbonyl (C=O) groups is 1. The lowest BCUT2D eigenvalue weighted by atomic mass is 9.79. The van der Waals surface area contributed by atoms with Crippen LogP contribution in [0, 0.1) is 0 Å². The van der Waals surface area contributed by atoms with Crippen LogP contribution < -0.4 is 4.90 Å². The second-order valence-corrected chi connectivity index (χ2v) is 10.3. The Morgan fingerprint density at radius 2 is 1.45 bits per heavy atom. The molecule has 158 valence electrons. The number of ether oxygens (including phenoxy) is 1. The predicted molar refractivity (Wildman–Crippen MR) is 121 cm³/mol. The van der Waals surface area contributed by atoms with Crippen molar-refractivity contribution < 1.29 is 14.4 Å². The monoisotopic (exact) mass is 396 g/mol. The smallest absolute Gasteiger partial charge is 0.338 e. The van der Waals surface area contributed by atoms with E-state index in [4.69, 9.17) is 4.74 Å². The Morgan fingerprint density at radius 1 is 0.931 bits per heavy atom. The van der Waals surface area contributed by atoms with E-state index in [1.165, 1.54) is 10.5 Å². The molecule has 0 saturated carbocycles. The van der Waals surface area contributed by atoms with Crippen LogP contribution in [0.1, 0.15) is 75.5 Å². The van der Waals surface area contributed by atoms with Crippen LogP contribution in [0.2, 0.25) is 0 Å². The third-order valence-electron chi connectivity index (χ3n) is 5.19. The molecule has 0 aliphatic rings. The van der Waals surface area contributed by atoms with Crippen LogP contribution in [0.4, 0.5) is 0 Å². The first kappa shape index (κ1) is 23.2. The summed E-state index contributed by atoms with van der Waals surface area (Å²) in [4.78, 5) is 14.2. The summed E-state index contributed by atoms with van der Waals surface area (Å²) < 4.78 is 5.82. The Morgan fingerprint density at radius 3 is 1.93 bits per heavy atom. The van der Waals surface area contributed by atoms with Gasteiger partial charge < -0.3 is 9.64 Å². The van der Waals surface area contributed by atoms with Crippen molar-refractivity contribution >= 4 is 5.97 Å². The van der Waals surface area contributed by atoms with E-state index in [0.717, 1.165) is 24.2 Å². The number of carbonyl (C=O) groups excluding carboxylic acids is 1. The second kappa shape index (κ2) is 9.13. The molecule has 0 aliphatic heterocycles. The van der Waals surface area contributed by atoms with Gasteiger partial charge in [0.15, 0.2) is 0 Å². The largest absolute Gasteiger partial charge is 0.453 e. The van der Waals surface area contributed by atoms with E-state index in [1.807, 2.05) is 25.1 Å². The number of likely N-dealkylation sites (N-methyl/N-ethyl adjacent to an activating group) is 1. The van der Waals surface area contributed by atoms with Crippen LogP contribution in [0.15, 0.2) is 48.5 Å². The SMILES string of the molecule is C[C@@H](C[NH+](C)Cc1ccccc1)OC(=O)c1cc(C(C)(C)C)cc(C(C)(C)C)c1. The number of benzene rings is 2. The predicted octanol–water partition coefficient (Wildman–Crippen LogP) is 4.54. The first-order chi connectivity index (χ1) is 13.4. The average molecular weight is 397 g/mol. The molecule has 0 bridgehead atoms. The molecule has 0 fully saturated rings. The molecule has 0 spiro atoms. The molecule has 0 saturated heterocycles. The van der Waals surface area contributed by atoms with Gasteiger partial charge in [0.25, 0.3) is 0 Å². The number of hydrogen-bond donors (Lipinski definition) is 1. The molecule has 0 heterocycles. The molecular weight excluding hydrogens is 358 g/mol. The number of esters is 1. The Balaban J connectivity index is 2.10. The molecule has 1 N–H and O–H groups in total. The van der Waals surface area contributed by atoms with Crippen LogP contribution >= 0.6 is 0 Å². The fourth-order valence-electron chi connectivity index (χ4n) is 3.41. The van der Waals surface area contributed by atoms with Gasteiger partial charge in [-0.3, -0.25) is 0 Å². The van der Waals surface area contributed by atoms with Gasteiger partial charge in [0, 0.05) is 5.56 Å². The van der Waals surface area contributed by atoms with Crippen LogP contribution in [-0.2, 0) is 22.1 Å². The summed E-state index contributed by atoms with van der Waals surface area (Å²) in [5.41, 5.74) is 4.21. The molecule has 0 radical (unpaired) electrons. The van der Waals surface area contributed by atoms with E-state index in [1.54, 1.807) is 0 Å². The van der Waals surface area contributed by atoms with E-state index >= 15 is 0 Å². The molecule has 3 heteroatoms. The standard InChI is InChI=1S/C26H37NO2/c1-19(17-27(8)18-20-12-10-9-11-13-20)29-24(28)21-14-22(25(2,3)4)16-23(15-21)26(5,6)7/h9-16,19H,17-18H2,1-8H3/p+1/t19-/m0/s1. The molecule has 0 aromatic heterocycles. The van der Waals surface area contributed by atoms with Gasteiger partial charge in [-0.05, 0) is 41.0 Å². The van der Waals surface area contributed by atoms with Gasteiger partial charge in [0.05, 0.1) is 12.6 Å². The molecular formula is C26H38NO2+. The van der Waals surface area contributed by atoms with Gasteiger partial charge in [0.1, 0.15) is 19.2 Å². The van der Waals surface area contributed by atoms with Crippen molar-refractivity contribution in [3.63, 3.8) is 0 Å². The molecule has 2 aromatic rings. The molecule has 2 rings (SSSR count). The molecule has 29 heavy (non-hydrogen) atoms. The lowest BCUT2D eigenvalue weighted by Gasteiger charge is -2.26. The summed E-state index contributed by atoms with van der Waals surface area (Å²) in [6.07, 6.45) is -0.150. The first-order valence-electron chi connectivity index (χ1n) is 10.6. The van der Waals surface area contributed by atoms with Crippen molar-refractivity contribution in [3.05, 3.63) is 70.8 Å². The van der Waals surface area contributed by atoms with E-state index < -0.39 is 0 Å². The number of quaternary nitrogens is 1. The van der Waals surface area contributed by atoms with Gasteiger partial charge >= 0.3 is 5.97 Å². The van der Waals surface area contributed by atoms with E-state index in [9.17, 15) is 4.79 Å². The highest BCUT2D eigenvalue weighted by Gasteiger charge is 2.24. The minimum Gasteiger partial charge on any atom is -0.453 e. The second-order valence-electron chi connectivity index (χ2n) is 10.3. The third kappa shape index (κ3) is 7.01. The number of nitrogens with one attached hydrogen (secondary N) is 1. The zero-order chi connectivity index (χ0) is 21.8. The van der Waals surface area contributed by atoms with Crippen LogP contribution in [0.25, 0.3) is 0 Å². The molecule has 0 aliphatic carbocycles. The highest BCUT2D eigenvalue weighted by molar-refractivity contribution is 5.90. The Kier molecular flexibility index (Phi) is 7.29. The maximum Gasteiger partial charge on any atom is 0.338 e. The topological polar surface area (TPSA) is 30.7 Å². The zero-order valence-corrected chi connectivity index (χ0v) is 19.4. The zero-order valence-electron chi connectivity index (χ0n) is 19.4. The van der Waals surface area contributed by atoms with Crippen molar-refractivity contribution in [1.82, 2.24) is 0 Å². The average Bonchev–Trinajstić information content (AvgIpc) is 2.60. The van der Waals surface area contributed by atoms with Crippen molar-refractivity contribution in [2.45, 2.75) is 71.9 Å². The van der Waals surface area contributed by atoms with Gasteiger partial charge in [-0.25, -0.2) is 4.79 Å². The van der Waals surface area contributed by atoms with Crippen molar-refractivity contribution in [2.75, 3.05) is 13.6 Å². The molecule has 0 amide bonds. The lowest BCUT2D eigenvalue weighted by Crippen LogP contribution is -3.08. The third-order valence-corrected chi connectivity index (χ3v) is 5.19. The summed E-state index contributed by atoms with van der Waals surface area (Å²) in [5.74, 6) is -0.235. The molecule has 2 atom stereocenters. The minimum atomic E-state index is -0.235. The Bertz CT molecular complexity index is 781. The van der Waals surface area contributed by atoms with Gasteiger partial charge in [-0.1, -0.05) is 77.9 Å². The van der Waals surface area contributed by atoms with Gasteiger partial charge in [-0.2, -0.15) is 0 Å². The fourth-order valence-corrected chi connectivity index (χ4v) is 3.41. The summed E-state index contributed by atoms with van der Waals surface area (Å²) in [6, 6.07) is 16.6. The highest BCUT2D eigenvalue weighted by atomic mass is 16.5. The Labute approximate surface area is 177 Å². The summed E-state index contributed by atoms with van der Waals surface area (Å²) in [7, 11) is 2.13. The molecule has 2 aromatic carbocycles. The number of rotatable bonds is 6. The maximum absolute atomic E-state index is 12.9. The van der Waals surface area contributed by atoms with Gasteiger partial charge in [0.2, 0.25) is 0 Å². The number of hydrogen-bond acceptors (Lipinski definition) is 2. The maximum atomic E-state index is 12.9. The molecule has 3 nitrogen and oxygen atoms in total. The summed E-state index contributed by atoms with van der Waals surface area (Å²) in [5, 5.41) is 0. The summed E-state index contributed by atoms with van der Waals surface area (Å²) >= 11 is 0. The minimum absolute atomic E-state index is 0.0258. The van der Waals surface area contributed by atoms with Crippen LogP contribution in [0.3, 0.4) is 0 Å². The highest BCUT2D eigenvalue weighted by Crippen LogP contribution is 2.30. The summed E-state index contributed by atoms with van der Waals surface area (Å²) in [6.45, 7) is 16.7. The van der Waals surface area contributed by atoms with Gasteiger partial charge in [-0.15, -0.1) is 0 Å². The fraction of sp³-hybridized carbons (Fsp3) is 0.500. The lowest BCUT2D eigenvalue weighted by molar-refractivity contribution is -0.896. The normalized spacial score (nSPS) is 14.3. The van der Waals surface area contributed by atoms with E-state index in [2.05, 4.69) is 78.9 Å². The van der Waals surface area contributed by atoms with Crippen molar-refractivity contribution in [2.24, 2.45) is 0 Å². The van der Waals surface area contributed by atoms with Crippen LogP contribution in [0.5, 0.6) is 0 Å².